The number of aliphatic hydroxyl groups excluding tert-OH is 1. The molecule has 1 heteroatoms. The fourth-order valence-corrected chi connectivity index (χ4v) is 3.08. The maximum Gasteiger partial charge on any atom is 0.100 e. The van der Waals surface area contributed by atoms with Crippen LogP contribution in [0.2, 0.25) is 0 Å². The van der Waals surface area contributed by atoms with Crippen molar-refractivity contribution in [1.82, 2.24) is 0 Å². The molecule has 1 nitrogen and oxygen atoms in total. The molecule has 0 amide bonds. The largest absolute Gasteiger partial charge is 0.384 e. The topological polar surface area (TPSA) is 20.2 Å². The monoisotopic (exact) mass is 272 g/mol. The van der Waals surface area contributed by atoms with Crippen LogP contribution in [0.15, 0.2) is 35.9 Å². The molecule has 1 aliphatic rings. The second-order valence-electron chi connectivity index (χ2n) is 6.97. The van der Waals surface area contributed by atoms with Crippen LogP contribution in [0.3, 0.4) is 0 Å². The van der Waals surface area contributed by atoms with E-state index in [1.165, 1.54) is 36.8 Å². The van der Waals surface area contributed by atoms with Gasteiger partial charge in [-0.15, -0.1) is 0 Å². The summed E-state index contributed by atoms with van der Waals surface area (Å²) < 4.78 is 0. The smallest absolute Gasteiger partial charge is 0.100 e. The highest BCUT2D eigenvalue weighted by Gasteiger charge is 2.23. The predicted molar refractivity (Wildman–Crippen MR) is 85.9 cm³/mol. The maximum absolute atomic E-state index is 10.8. The van der Waals surface area contributed by atoms with E-state index in [0.717, 1.165) is 18.4 Å². The van der Waals surface area contributed by atoms with Crippen LogP contribution in [-0.2, 0) is 5.41 Å². The molecule has 110 valence electrons. The summed E-state index contributed by atoms with van der Waals surface area (Å²) in [5, 5.41) is 10.8. The third kappa shape index (κ3) is 3.73. The number of benzene rings is 1. The highest BCUT2D eigenvalue weighted by molar-refractivity contribution is 5.38. The Morgan fingerprint density at radius 2 is 1.70 bits per heavy atom. The average molecular weight is 272 g/mol. The van der Waals surface area contributed by atoms with E-state index in [4.69, 9.17) is 0 Å². The van der Waals surface area contributed by atoms with Crippen molar-refractivity contribution in [2.45, 2.75) is 70.8 Å². The lowest BCUT2D eigenvalue weighted by Crippen LogP contribution is -2.17. The molecule has 0 saturated heterocycles. The van der Waals surface area contributed by atoms with E-state index in [1.807, 2.05) is 6.07 Å². The molecule has 1 aromatic carbocycles. The van der Waals surface area contributed by atoms with E-state index in [2.05, 4.69) is 45.0 Å². The molecular weight excluding hydrogens is 244 g/mol. The van der Waals surface area contributed by atoms with Gasteiger partial charge in [-0.25, -0.2) is 0 Å². The minimum absolute atomic E-state index is 0.0692. The van der Waals surface area contributed by atoms with E-state index in [-0.39, 0.29) is 5.41 Å². The first-order valence-corrected chi connectivity index (χ1v) is 7.96. The maximum atomic E-state index is 10.8. The highest BCUT2D eigenvalue weighted by atomic mass is 16.3. The van der Waals surface area contributed by atoms with E-state index >= 15 is 0 Å². The molecule has 1 atom stereocenters. The van der Waals surface area contributed by atoms with Crippen LogP contribution in [0.5, 0.6) is 0 Å². The van der Waals surface area contributed by atoms with Crippen molar-refractivity contribution in [1.29, 1.82) is 0 Å². The molecule has 1 aromatic rings. The van der Waals surface area contributed by atoms with Gasteiger partial charge in [-0.2, -0.15) is 0 Å². The van der Waals surface area contributed by atoms with Crippen LogP contribution in [0, 0.1) is 0 Å². The number of allylic oxidation sites excluding steroid dienone is 1. The molecular formula is C19H28O. The third-order valence-corrected chi connectivity index (χ3v) is 4.24. The normalized spacial score (nSPS) is 21.5. The molecule has 0 aliphatic heterocycles. The van der Waals surface area contributed by atoms with Gasteiger partial charge < -0.3 is 5.11 Å². The van der Waals surface area contributed by atoms with Crippen LogP contribution in [0.4, 0.5) is 0 Å². The van der Waals surface area contributed by atoms with Gasteiger partial charge in [0.15, 0.2) is 0 Å². The molecule has 1 N–H and O–H groups in total. The second-order valence-corrected chi connectivity index (χ2v) is 6.97. The van der Waals surface area contributed by atoms with Gasteiger partial charge in [0.25, 0.3) is 0 Å². The van der Waals surface area contributed by atoms with Crippen molar-refractivity contribution in [3.8, 4) is 0 Å². The first kappa shape index (κ1) is 15.3. The molecule has 0 heterocycles. The molecule has 0 aromatic heterocycles. The summed E-state index contributed by atoms with van der Waals surface area (Å²) >= 11 is 0. The number of rotatable bonds is 2. The Labute approximate surface area is 123 Å². The molecule has 1 aliphatic carbocycles. The fraction of sp³-hybridized carbons (Fsp3) is 0.579. The molecule has 1 unspecified atom stereocenters. The highest BCUT2D eigenvalue weighted by Crippen LogP contribution is 2.35. The van der Waals surface area contributed by atoms with Crippen molar-refractivity contribution in [3.63, 3.8) is 0 Å². The molecule has 0 radical (unpaired) electrons. The summed E-state index contributed by atoms with van der Waals surface area (Å²) in [6.07, 6.45) is 9.11. The number of aliphatic hydroxyl groups is 1. The number of hydrogen-bond donors (Lipinski definition) is 1. The summed E-state index contributed by atoms with van der Waals surface area (Å²) in [4.78, 5) is 0. The molecule has 0 fully saturated rings. The number of hydrogen-bond acceptors (Lipinski definition) is 1. The zero-order chi connectivity index (χ0) is 14.6. The fourth-order valence-electron chi connectivity index (χ4n) is 3.08. The SMILES string of the molecule is CC(C)(C)c1ccccc1C(O)/C1=C/CCCCCC1. The minimum atomic E-state index is -0.427. The summed E-state index contributed by atoms with van der Waals surface area (Å²) in [6, 6.07) is 8.35. The van der Waals surface area contributed by atoms with Gasteiger partial charge in [0.2, 0.25) is 0 Å². The van der Waals surface area contributed by atoms with Gasteiger partial charge >= 0.3 is 0 Å². The summed E-state index contributed by atoms with van der Waals surface area (Å²) in [5.41, 5.74) is 3.64. The Hall–Kier alpha value is -1.08. The van der Waals surface area contributed by atoms with Crippen LogP contribution in [0.1, 0.15) is 76.5 Å². The molecule has 0 saturated carbocycles. The summed E-state index contributed by atoms with van der Waals surface area (Å²) in [5.74, 6) is 0. The Morgan fingerprint density at radius 1 is 1.00 bits per heavy atom. The van der Waals surface area contributed by atoms with Crippen LogP contribution in [0.25, 0.3) is 0 Å². The van der Waals surface area contributed by atoms with Crippen molar-refractivity contribution in [3.05, 3.63) is 47.0 Å². The Bertz CT molecular complexity index is 465. The molecule has 2 rings (SSSR count). The van der Waals surface area contributed by atoms with E-state index < -0.39 is 6.10 Å². The van der Waals surface area contributed by atoms with Crippen molar-refractivity contribution in [2.24, 2.45) is 0 Å². The first-order chi connectivity index (χ1) is 9.50. The van der Waals surface area contributed by atoms with Crippen molar-refractivity contribution < 1.29 is 5.11 Å². The predicted octanol–water partition coefficient (Wildman–Crippen LogP) is 5.30. The third-order valence-electron chi connectivity index (χ3n) is 4.24. The Balaban J connectivity index is 2.30. The van der Waals surface area contributed by atoms with E-state index in [0.29, 0.717) is 0 Å². The molecule has 0 spiro atoms. The van der Waals surface area contributed by atoms with Gasteiger partial charge in [0, 0.05) is 0 Å². The second kappa shape index (κ2) is 6.58. The van der Waals surface area contributed by atoms with Crippen molar-refractivity contribution in [2.75, 3.05) is 0 Å². The lowest BCUT2D eigenvalue weighted by atomic mass is 9.80. The molecule has 0 bridgehead atoms. The quantitative estimate of drug-likeness (QED) is 0.724. The van der Waals surface area contributed by atoms with E-state index in [1.54, 1.807) is 0 Å². The van der Waals surface area contributed by atoms with Crippen LogP contribution in [-0.4, -0.2) is 5.11 Å². The zero-order valence-corrected chi connectivity index (χ0v) is 13.2. The average Bonchev–Trinajstić information content (AvgIpc) is 2.37. The standard InChI is InChI=1S/C19H28O/c1-19(2,3)17-14-10-9-13-16(17)18(20)15-11-7-5-4-6-8-12-15/h9-11,13-14,18,20H,4-8,12H2,1-3H3/b15-11+. The summed E-state index contributed by atoms with van der Waals surface area (Å²) in [6.45, 7) is 6.64. The minimum Gasteiger partial charge on any atom is -0.384 e. The zero-order valence-electron chi connectivity index (χ0n) is 13.2. The van der Waals surface area contributed by atoms with E-state index in [9.17, 15) is 5.11 Å². The Morgan fingerprint density at radius 3 is 2.45 bits per heavy atom. The first-order valence-electron chi connectivity index (χ1n) is 7.96. The van der Waals surface area contributed by atoms with Crippen LogP contribution >= 0.6 is 0 Å². The lowest BCUT2D eigenvalue weighted by molar-refractivity contribution is 0.206. The lowest BCUT2D eigenvalue weighted by Gasteiger charge is -2.27. The Kier molecular flexibility index (Phi) is 5.04. The van der Waals surface area contributed by atoms with Crippen LogP contribution < -0.4 is 0 Å². The van der Waals surface area contributed by atoms with Gasteiger partial charge in [-0.05, 0) is 47.8 Å². The summed E-state index contributed by atoms with van der Waals surface area (Å²) in [7, 11) is 0. The van der Waals surface area contributed by atoms with Gasteiger partial charge in [0.1, 0.15) is 6.10 Å². The molecule has 20 heavy (non-hydrogen) atoms. The van der Waals surface area contributed by atoms with Gasteiger partial charge in [-0.3, -0.25) is 0 Å². The van der Waals surface area contributed by atoms with Gasteiger partial charge in [-0.1, -0.05) is 64.0 Å². The van der Waals surface area contributed by atoms with Gasteiger partial charge in [0.05, 0.1) is 0 Å². The van der Waals surface area contributed by atoms with Crippen molar-refractivity contribution >= 4 is 0 Å².